The van der Waals surface area contributed by atoms with Crippen LogP contribution in [-0.4, -0.2) is 0 Å². The van der Waals surface area contributed by atoms with Crippen LogP contribution in [0.2, 0.25) is 0 Å². The molecule has 0 aromatic heterocycles. The van der Waals surface area contributed by atoms with Gasteiger partial charge in [0.1, 0.15) is 18.8 Å². The minimum Gasteiger partial charge on any atom is -0.627 e. The van der Waals surface area contributed by atoms with E-state index in [1.165, 1.54) is 11.1 Å². The number of para-hydroxylation sites is 1. The van der Waals surface area contributed by atoms with Crippen molar-refractivity contribution in [2.75, 3.05) is 0 Å². The smallest absolute Gasteiger partial charge is 0.133 e. The van der Waals surface area contributed by atoms with Crippen molar-refractivity contribution in [1.29, 1.82) is 0 Å². The Bertz CT molecular complexity index is 482. The lowest BCUT2D eigenvalue weighted by Gasteiger charge is -2.37. The Morgan fingerprint density at radius 2 is 1.25 bits per heavy atom. The van der Waals surface area contributed by atoms with Gasteiger partial charge in [-0.25, -0.2) is 0 Å². The number of hydroxylamine groups is 2. The summed E-state index contributed by atoms with van der Waals surface area (Å²) in [5.74, 6) is 0. The summed E-state index contributed by atoms with van der Waals surface area (Å²) in [6.45, 7) is 1.11. The number of quaternary nitrogens is 1. The van der Waals surface area contributed by atoms with Gasteiger partial charge in [0.2, 0.25) is 0 Å². The number of benzene rings is 2. The van der Waals surface area contributed by atoms with Crippen LogP contribution < -0.4 is 4.65 Å². The molecule has 2 nitrogen and oxygen atoms in total. The molecule has 1 aliphatic heterocycles. The van der Waals surface area contributed by atoms with Crippen molar-refractivity contribution in [1.82, 2.24) is 4.65 Å². The first-order chi connectivity index (χ1) is 7.78. The molecule has 0 amide bonds. The molecule has 0 bridgehead atoms. The van der Waals surface area contributed by atoms with E-state index in [4.69, 9.17) is 0 Å². The molecule has 3 rings (SSSR count). The molecule has 80 valence electrons. The van der Waals surface area contributed by atoms with Gasteiger partial charge in [-0.05, 0) is 12.1 Å². The Balaban J connectivity index is 2.01. The summed E-state index contributed by atoms with van der Waals surface area (Å²) >= 11 is 0. The maximum Gasteiger partial charge on any atom is 0.133 e. The summed E-state index contributed by atoms with van der Waals surface area (Å²) in [5, 5.41) is 12.7. The molecule has 1 heterocycles. The molecule has 0 saturated heterocycles. The molecule has 0 N–H and O–H groups in total. The average molecular weight is 211 g/mol. The summed E-state index contributed by atoms with van der Waals surface area (Å²) < 4.78 is -0.250. The highest BCUT2D eigenvalue weighted by Crippen LogP contribution is 2.34. The first kappa shape index (κ1) is 9.58. The monoisotopic (exact) mass is 211 g/mol. The largest absolute Gasteiger partial charge is 0.627 e. The van der Waals surface area contributed by atoms with E-state index in [1.54, 1.807) is 0 Å². The first-order valence-electron chi connectivity index (χ1n) is 5.48. The molecule has 0 radical (unpaired) electrons. The number of nitrogens with zero attached hydrogens (tertiary/aromatic N) is 1. The van der Waals surface area contributed by atoms with Gasteiger partial charge in [0.25, 0.3) is 0 Å². The normalized spacial score (nSPS) is 17.1. The molecule has 2 aromatic carbocycles. The highest BCUT2D eigenvalue weighted by atomic mass is 16.5. The number of fused-ring (bicyclic) bond motifs is 1. The summed E-state index contributed by atoms with van der Waals surface area (Å²) in [6.07, 6.45) is 0. The zero-order valence-electron chi connectivity index (χ0n) is 8.97. The second-order valence-corrected chi connectivity index (χ2v) is 4.31. The third-order valence-electron chi connectivity index (χ3n) is 3.20. The van der Waals surface area contributed by atoms with E-state index in [1.807, 2.05) is 42.5 Å². The maximum absolute atomic E-state index is 12.7. The van der Waals surface area contributed by atoms with Crippen molar-refractivity contribution in [3.63, 3.8) is 0 Å². The number of hydrogen-bond donors (Lipinski definition) is 0. The van der Waals surface area contributed by atoms with E-state index in [2.05, 4.69) is 12.1 Å². The third kappa shape index (κ3) is 1.43. The Kier molecular flexibility index (Phi) is 2.06. The molecule has 2 heteroatoms. The van der Waals surface area contributed by atoms with Crippen LogP contribution in [0.4, 0.5) is 5.69 Å². The van der Waals surface area contributed by atoms with E-state index >= 15 is 0 Å². The fourth-order valence-corrected chi connectivity index (χ4v) is 2.35. The quantitative estimate of drug-likeness (QED) is 0.524. The van der Waals surface area contributed by atoms with Crippen molar-refractivity contribution < 1.29 is 0 Å². The van der Waals surface area contributed by atoms with E-state index in [9.17, 15) is 5.21 Å². The van der Waals surface area contributed by atoms with Crippen molar-refractivity contribution >= 4 is 5.69 Å². The van der Waals surface area contributed by atoms with Crippen LogP contribution in [0.1, 0.15) is 11.1 Å². The molecule has 0 fully saturated rings. The van der Waals surface area contributed by atoms with Gasteiger partial charge < -0.3 is 9.85 Å². The van der Waals surface area contributed by atoms with Gasteiger partial charge in [0, 0.05) is 11.1 Å². The zero-order chi connectivity index (χ0) is 11.0. The molecule has 16 heavy (non-hydrogen) atoms. The predicted octanol–water partition coefficient (Wildman–Crippen LogP) is 3.21. The minimum atomic E-state index is -0.250. The van der Waals surface area contributed by atoms with Crippen LogP contribution in [-0.2, 0) is 13.1 Å². The van der Waals surface area contributed by atoms with Crippen LogP contribution in [0.15, 0.2) is 54.6 Å². The van der Waals surface area contributed by atoms with Crippen molar-refractivity contribution in [3.8, 4) is 0 Å². The van der Waals surface area contributed by atoms with E-state index in [0.29, 0.717) is 13.1 Å². The molecule has 0 saturated carbocycles. The fourth-order valence-electron chi connectivity index (χ4n) is 2.35. The van der Waals surface area contributed by atoms with Crippen LogP contribution in [0.25, 0.3) is 0 Å². The van der Waals surface area contributed by atoms with Crippen LogP contribution in [0, 0.1) is 5.21 Å². The average Bonchev–Trinajstić information content (AvgIpc) is 2.68. The summed E-state index contributed by atoms with van der Waals surface area (Å²) in [4.78, 5) is 0. The first-order valence-corrected chi connectivity index (χ1v) is 5.48. The summed E-state index contributed by atoms with van der Waals surface area (Å²) in [7, 11) is 0. The highest BCUT2D eigenvalue weighted by molar-refractivity contribution is 5.48. The maximum atomic E-state index is 12.7. The molecular formula is C14H13NO. The molecule has 1 aliphatic rings. The molecule has 2 aromatic rings. The van der Waals surface area contributed by atoms with Gasteiger partial charge in [-0.3, -0.25) is 0 Å². The van der Waals surface area contributed by atoms with Crippen LogP contribution in [0.5, 0.6) is 0 Å². The van der Waals surface area contributed by atoms with Gasteiger partial charge >= 0.3 is 0 Å². The molecule has 0 aliphatic carbocycles. The van der Waals surface area contributed by atoms with Gasteiger partial charge in [0.15, 0.2) is 0 Å². The topological polar surface area (TPSA) is 23.1 Å². The van der Waals surface area contributed by atoms with Crippen molar-refractivity contribution in [3.05, 3.63) is 70.9 Å². The number of rotatable bonds is 1. The van der Waals surface area contributed by atoms with Gasteiger partial charge in [-0.1, -0.05) is 42.5 Å². The summed E-state index contributed by atoms with van der Waals surface area (Å²) in [5.41, 5.74) is 3.21. The molecule has 0 atom stereocenters. The third-order valence-corrected chi connectivity index (χ3v) is 3.20. The van der Waals surface area contributed by atoms with E-state index < -0.39 is 0 Å². The zero-order valence-corrected chi connectivity index (χ0v) is 8.97. The number of hydrogen-bond acceptors (Lipinski definition) is 1. The van der Waals surface area contributed by atoms with Gasteiger partial charge in [-0.2, -0.15) is 0 Å². The fraction of sp³-hybridized carbons (Fsp3) is 0.143. The van der Waals surface area contributed by atoms with Crippen molar-refractivity contribution in [2.45, 2.75) is 13.1 Å². The standard InChI is InChI=1S/C14H13NO/c16-15(14-8-2-1-3-9-14)10-12-6-4-5-7-13(12)11-15/h1-9H,10-11H2. The highest BCUT2D eigenvalue weighted by Gasteiger charge is 2.29. The SMILES string of the molecule is [O-][N+]1(c2ccccc2)Cc2ccccc2C1. The van der Waals surface area contributed by atoms with Crippen molar-refractivity contribution in [2.24, 2.45) is 0 Å². The second-order valence-electron chi connectivity index (χ2n) is 4.31. The van der Waals surface area contributed by atoms with Crippen LogP contribution in [0.3, 0.4) is 0 Å². The molecule has 0 unspecified atom stereocenters. The minimum absolute atomic E-state index is 0.250. The van der Waals surface area contributed by atoms with E-state index in [0.717, 1.165) is 5.69 Å². The van der Waals surface area contributed by atoms with Gasteiger partial charge in [-0.15, -0.1) is 0 Å². The lowest BCUT2D eigenvalue weighted by atomic mass is 10.1. The van der Waals surface area contributed by atoms with E-state index in [-0.39, 0.29) is 4.65 Å². The predicted molar refractivity (Wildman–Crippen MR) is 65.5 cm³/mol. The molecular weight excluding hydrogens is 198 g/mol. The lowest BCUT2D eigenvalue weighted by Crippen LogP contribution is -2.36. The lowest BCUT2D eigenvalue weighted by molar-refractivity contribution is 0.391. The Hall–Kier alpha value is -1.64. The summed E-state index contributed by atoms with van der Waals surface area (Å²) in [6, 6.07) is 17.7. The second kappa shape index (κ2) is 3.44. The Morgan fingerprint density at radius 3 is 1.81 bits per heavy atom. The Morgan fingerprint density at radius 1 is 0.750 bits per heavy atom. The van der Waals surface area contributed by atoms with Crippen LogP contribution >= 0.6 is 0 Å². The molecule has 0 spiro atoms. The Labute approximate surface area is 94.9 Å². The van der Waals surface area contributed by atoms with Gasteiger partial charge in [0.05, 0.1) is 0 Å².